The van der Waals surface area contributed by atoms with Crippen molar-refractivity contribution in [1.82, 2.24) is 5.32 Å². The Hall–Kier alpha value is -2.09. The summed E-state index contributed by atoms with van der Waals surface area (Å²) in [6.45, 7) is 0. The van der Waals surface area contributed by atoms with Gasteiger partial charge < -0.3 is 10.4 Å². The van der Waals surface area contributed by atoms with E-state index in [4.69, 9.17) is 0 Å². The number of hydrogen-bond donors (Lipinski definition) is 2. The van der Waals surface area contributed by atoms with Crippen LogP contribution in [0.3, 0.4) is 0 Å². The van der Waals surface area contributed by atoms with Crippen LogP contribution in [-0.2, 0) is 0 Å². The largest absolute Gasteiger partial charge is 0.507 e. The second-order valence-electron chi connectivity index (χ2n) is 4.87. The minimum atomic E-state index is -0.895. The predicted molar refractivity (Wildman–Crippen MR) is 67.0 cm³/mol. The van der Waals surface area contributed by atoms with Crippen LogP contribution < -0.4 is 5.32 Å². The van der Waals surface area contributed by atoms with E-state index >= 15 is 0 Å². The molecule has 1 aliphatic rings. The maximum absolute atomic E-state index is 13.1. The van der Waals surface area contributed by atoms with Crippen LogP contribution in [0.1, 0.15) is 42.5 Å². The van der Waals surface area contributed by atoms with E-state index in [1.165, 1.54) is 0 Å². The Labute approximate surface area is 110 Å². The Morgan fingerprint density at radius 1 is 1.37 bits per heavy atom. The molecule has 0 unspecified atom stereocenters. The van der Waals surface area contributed by atoms with E-state index in [2.05, 4.69) is 11.4 Å². The summed E-state index contributed by atoms with van der Waals surface area (Å²) < 4.78 is 13.1. The number of nitriles is 1. The Morgan fingerprint density at radius 3 is 2.68 bits per heavy atom. The molecule has 2 N–H and O–H groups in total. The Morgan fingerprint density at radius 2 is 2.05 bits per heavy atom. The lowest BCUT2D eigenvalue weighted by atomic mass is 9.82. The second-order valence-corrected chi connectivity index (χ2v) is 4.87. The molecule has 19 heavy (non-hydrogen) atoms. The molecular formula is C14H15FN2O2. The SMILES string of the molecule is N#CC1(NC(=O)c2cc(F)ccc2O)CCCCC1. The molecule has 0 heterocycles. The van der Waals surface area contributed by atoms with Gasteiger partial charge in [0.05, 0.1) is 11.6 Å². The van der Waals surface area contributed by atoms with Crippen LogP contribution >= 0.6 is 0 Å². The topological polar surface area (TPSA) is 73.1 Å². The maximum atomic E-state index is 13.1. The van der Waals surface area contributed by atoms with Crippen LogP contribution in [0.5, 0.6) is 5.75 Å². The normalized spacial score (nSPS) is 17.5. The van der Waals surface area contributed by atoms with Crippen LogP contribution in [0, 0.1) is 17.1 Å². The van der Waals surface area contributed by atoms with Gasteiger partial charge in [-0.25, -0.2) is 4.39 Å². The summed E-state index contributed by atoms with van der Waals surface area (Å²) in [6.07, 6.45) is 3.98. The number of nitrogens with one attached hydrogen (secondary N) is 1. The Balaban J connectivity index is 2.20. The zero-order valence-corrected chi connectivity index (χ0v) is 10.4. The van der Waals surface area contributed by atoms with Gasteiger partial charge in [-0.3, -0.25) is 4.79 Å². The number of halogens is 1. The van der Waals surface area contributed by atoms with Crippen molar-refractivity contribution >= 4 is 5.91 Å². The minimum Gasteiger partial charge on any atom is -0.507 e. The van der Waals surface area contributed by atoms with Crippen LogP contribution in [-0.4, -0.2) is 16.6 Å². The minimum absolute atomic E-state index is 0.139. The Kier molecular flexibility index (Phi) is 3.70. The van der Waals surface area contributed by atoms with Gasteiger partial charge in [0, 0.05) is 0 Å². The number of phenols is 1. The number of benzene rings is 1. The molecule has 1 saturated carbocycles. The van der Waals surface area contributed by atoms with Crippen molar-refractivity contribution < 1.29 is 14.3 Å². The van der Waals surface area contributed by atoms with Crippen LogP contribution in [0.25, 0.3) is 0 Å². The summed E-state index contributed by atoms with van der Waals surface area (Å²) in [6, 6.07) is 5.32. The third kappa shape index (κ3) is 2.84. The van der Waals surface area contributed by atoms with Gasteiger partial charge in [-0.15, -0.1) is 0 Å². The molecule has 0 radical (unpaired) electrons. The van der Waals surface area contributed by atoms with E-state index < -0.39 is 17.3 Å². The van der Waals surface area contributed by atoms with Gasteiger partial charge in [-0.2, -0.15) is 5.26 Å². The van der Waals surface area contributed by atoms with Crippen molar-refractivity contribution in [3.63, 3.8) is 0 Å². The molecule has 1 fully saturated rings. The molecule has 5 heteroatoms. The number of carbonyl (C=O) groups excluding carboxylic acids is 1. The molecule has 0 atom stereocenters. The number of nitrogens with zero attached hydrogens (tertiary/aromatic N) is 1. The highest BCUT2D eigenvalue weighted by molar-refractivity contribution is 5.97. The zero-order valence-electron chi connectivity index (χ0n) is 10.4. The fourth-order valence-corrected chi connectivity index (χ4v) is 2.39. The van der Waals surface area contributed by atoms with Gasteiger partial charge in [0.2, 0.25) is 0 Å². The number of phenolic OH excluding ortho intramolecular Hbond substituents is 1. The van der Waals surface area contributed by atoms with E-state index in [9.17, 15) is 19.6 Å². The first-order valence-electron chi connectivity index (χ1n) is 6.29. The Bertz CT molecular complexity index is 531. The van der Waals surface area contributed by atoms with Crippen LogP contribution in [0.2, 0.25) is 0 Å². The summed E-state index contributed by atoms with van der Waals surface area (Å²) in [7, 11) is 0. The average molecular weight is 262 g/mol. The van der Waals surface area contributed by atoms with Gasteiger partial charge >= 0.3 is 0 Å². The van der Waals surface area contributed by atoms with Crippen molar-refractivity contribution in [2.24, 2.45) is 0 Å². The standard InChI is InChI=1S/C14H15FN2O2/c15-10-4-5-12(18)11(8-10)13(19)17-14(9-16)6-2-1-3-7-14/h4-5,8,18H,1-3,6-7H2,(H,17,19). The third-order valence-corrected chi connectivity index (χ3v) is 3.48. The number of carbonyl (C=O) groups is 1. The van der Waals surface area contributed by atoms with E-state index in [1.54, 1.807) is 0 Å². The summed E-state index contributed by atoms with van der Waals surface area (Å²) in [5.41, 5.74) is -1.03. The zero-order chi connectivity index (χ0) is 13.9. The molecule has 100 valence electrons. The van der Waals surface area contributed by atoms with Gasteiger partial charge in [-0.1, -0.05) is 19.3 Å². The molecule has 0 saturated heterocycles. The van der Waals surface area contributed by atoms with Crippen molar-refractivity contribution in [2.75, 3.05) is 0 Å². The fourth-order valence-electron chi connectivity index (χ4n) is 2.39. The molecule has 0 aliphatic heterocycles. The van der Waals surface area contributed by atoms with Crippen molar-refractivity contribution in [3.05, 3.63) is 29.6 Å². The lowest BCUT2D eigenvalue weighted by Crippen LogP contribution is -2.48. The van der Waals surface area contributed by atoms with Crippen LogP contribution in [0.15, 0.2) is 18.2 Å². The maximum Gasteiger partial charge on any atom is 0.256 e. The molecule has 2 rings (SSSR count). The van der Waals surface area contributed by atoms with Crippen LogP contribution in [0.4, 0.5) is 4.39 Å². The lowest BCUT2D eigenvalue weighted by Gasteiger charge is -2.31. The molecule has 0 aromatic heterocycles. The van der Waals surface area contributed by atoms with Gasteiger partial charge in [0.15, 0.2) is 0 Å². The number of aromatic hydroxyl groups is 1. The number of hydrogen-bond acceptors (Lipinski definition) is 3. The highest BCUT2D eigenvalue weighted by atomic mass is 19.1. The predicted octanol–water partition coefficient (Wildman–Crippen LogP) is 2.49. The van der Waals surface area contributed by atoms with E-state index in [-0.39, 0.29) is 11.3 Å². The van der Waals surface area contributed by atoms with Crippen molar-refractivity contribution in [3.8, 4) is 11.8 Å². The summed E-state index contributed by atoms with van der Waals surface area (Å²) in [5.74, 6) is -1.50. The highest BCUT2D eigenvalue weighted by Crippen LogP contribution is 2.28. The number of amides is 1. The molecule has 1 aromatic carbocycles. The third-order valence-electron chi connectivity index (χ3n) is 3.48. The second kappa shape index (κ2) is 5.27. The quantitative estimate of drug-likeness (QED) is 0.860. The molecular weight excluding hydrogens is 247 g/mol. The smallest absolute Gasteiger partial charge is 0.256 e. The van der Waals surface area contributed by atoms with Gasteiger partial charge in [0.1, 0.15) is 17.1 Å². The van der Waals surface area contributed by atoms with Gasteiger partial charge in [0.25, 0.3) is 5.91 Å². The van der Waals surface area contributed by atoms with E-state index in [0.29, 0.717) is 12.8 Å². The van der Waals surface area contributed by atoms with Crippen molar-refractivity contribution in [2.45, 2.75) is 37.6 Å². The van der Waals surface area contributed by atoms with E-state index in [1.807, 2.05) is 0 Å². The molecule has 0 spiro atoms. The van der Waals surface area contributed by atoms with E-state index in [0.717, 1.165) is 37.5 Å². The molecule has 4 nitrogen and oxygen atoms in total. The molecule has 1 amide bonds. The first kappa shape index (κ1) is 13.3. The molecule has 1 aromatic rings. The summed E-state index contributed by atoms with van der Waals surface area (Å²) in [5, 5.41) is 21.5. The lowest BCUT2D eigenvalue weighted by molar-refractivity contribution is 0.0899. The molecule has 1 aliphatic carbocycles. The summed E-state index contributed by atoms with van der Waals surface area (Å²) in [4.78, 5) is 12.1. The summed E-state index contributed by atoms with van der Waals surface area (Å²) >= 11 is 0. The average Bonchev–Trinajstić information content (AvgIpc) is 2.42. The first-order valence-corrected chi connectivity index (χ1v) is 6.29. The van der Waals surface area contributed by atoms with Gasteiger partial charge in [-0.05, 0) is 31.0 Å². The first-order chi connectivity index (χ1) is 9.06. The van der Waals surface area contributed by atoms with Crippen molar-refractivity contribution in [1.29, 1.82) is 5.26 Å². The number of rotatable bonds is 2. The monoisotopic (exact) mass is 262 g/mol. The highest BCUT2D eigenvalue weighted by Gasteiger charge is 2.34. The molecule has 0 bridgehead atoms. The fraction of sp³-hybridized carbons (Fsp3) is 0.429.